The van der Waals surface area contributed by atoms with Crippen molar-refractivity contribution in [3.63, 3.8) is 0 Å². The summed E-state index contributed by atoms with van der Waals surface area (Å²) in [5.74, 6) is 0.0316. The molecule has 1 saturated heterocycles. The van der Waals surface area contributed by atoms with E-state index in [0.717, 1.165) is 25.7 Å². The Morgan fingerprint density at radius 3 is 2.95 bits per heavy atom. The van der Waals surface area contributed by atoms with Crippen molar-refractivity contribution in [2.45, 2.75) is 63.9 Å². The van der Waals surface area contributed by atoms with Crippen LogP contribution in [0.4, 0.5) is 0 Å². The van der Waals surface area contributed by atoms with Crippen molar-refractivity contribution in [3.8, 4) is 0 Å². The van der Waals surface area contributed by atoms with Gasteiger partial charge in [-0.25, -0.2) is 0 Å². The lowest BCUT2D eigenvalue weighted by molar-refractivity contribution is -0.235. The fourth-order valence-electron chi connectivity index (χ4n) is 2.14. The van der Waals surface area contributed by atoms with E-state index in [-0.39, 0.29) is 12.0 Å². The third-order valence-electron chi connectivity index (χ3n) is 3.36. The van der Waals surface area contributed by atoms with Crippen molar-refractivity contribution in [2.24, 2.45) is 5.73 Å². The average Bonchev–Trinajstić information content (AvgIpc) is 2.43. The summed E-state index contributed by atoms with van der Waals surface area (Å²) < 4.78 is 11.0. The number of hydrogen-bond donors (Lipinski definition) is 3. The van der Waals surface area contributed by atoms with Gasteiger partial charge in [0.05, 0.1) is 12.7 Å². The number of aliphatic hydroxyl groups excluding tert-OH is 1. The number of amides is 1. The lowest BCUT2D eigenvalue weighted by atomic mass is 10.1. The van der Waals surface area contributed by atoms with Gasteiger partial charge in [0.25, 0.3) is 0 Å². The molecule has 1 rings (SSSR count). The van der Waals surface area contributed by atoms with Crippen LogP contribution in [0, 0.1) is 0 Å². The summed E-state index contributed by atoms with van der Waals surface area (Å²) in [6.45, 7) is 3.43. The number of carbonyl (C=O) groups is 1. The van der Waals surface area contributed by atoms with Crippen LogP contribution in [-0.4, -0.2) is 49.2 Å². The molecule has 0 aliphatic carbocycles. The Morgan fingerprint density at radius 2 is 2.20 bits per heavy atom. The molecule has 1 aliphatic rings. The van der Waals surface area contributed by atoms with Crippen LogP contribution < -0.4 is 11.1 Å². The van der Waals surface area contributed by atoms with Gasteiger partial charge < -0.3 is 25.6 Å². The Labute approximate surface area is 121 Å². The van der Waals surface area contributed by atoms with Gasteiger partial charge in [-0.15, -0.1) is 0 Å². The van der Waals surface area contributed by atoms with Gasteiger partial charge in [-0.1, -0.05) is 6.42 Å². The summed E-state index contributed by atoms with van der Waals surface area (Å²) in [5, 5.41) is 12.5. The molecule has 3 atom stereocenters. The maximum atomic E-state index is 11.5. The number of carbonyl (C=O) groups excluding carboxylic acids is 1. The van der Waals surface area contributed by atoms with Gasteiger partial charge in [-0.05, 0) is 39.2 Å². The summed E-state index contributed by atoms with van der Waals surface area (Å²) in [7, 11) is 0. The standard InChI is InChI=1S/C14H28N2O4/c1-11-6-7-12(17)14(20-11)19-10-9-16-13(18)5-3-2-4-8-15/h11-12,14,17H,2-10,15H2,1H3,(H,16,18)/t11-,12?,14+/m0/s1. The van der Waals surface area contributed by atoms with Crippen LogP contribution in [0.2, 0.25) is 0 Å². The van der Waals surface area contributed by atoms with E-state index in [1.54, 1.807) is 0 Å². The number of aliphatic hydroxyl groups is 1. The molecule has 20 heavy (non-hydrogen) atoms. The van der Waals surface area contributed by atoms with Gasteiger partial charge in [0.15, 0.2) is 6.29 Å². The summed E-state index contributed by atoms with van der Waals surface area (Å²) in [4.78, 5) is 11.5. The Morgan fingerprint density at radius 1 is 1.40 bits per heavy atom. The van der Waals surface area contributed by atoms with E-state index < -0.39 is 12.4 Å². The molecule has 0 saturated carbocycles. The topological polar surface area (TPSA) is 93.8 Å². The summed E-state index contributed by atoms with van der Waals surface area (Å²) >= 11 is 0. The maximum Gasteiger partial charge on any atom is 0.220 e. The van der Waals surface area contributed by atoms with Gasteiger partial charge in [0, 0.05) is 13.0 Å². The van der Waals surface area contributed by atoms with Crippen molar-refractivity contribution in [2.75, 3.05) is 19.7 Å². The second-order valence-electron chi connectivity index (χ2n) is 5.28. The predicted molar refractivity (Wildman–Crippen MR) is 76.1 cm³/mol. The Kier molecular flexibility index (Phi) is 8.77. The van der Waals surface area contributed by atoms with Crippen molar-refractivity contribution in [1.82, 2.24) is 5.32 Å². The van der Waals surface area contributed by atoms with Gasteiger partial charge in [-0.2, -0.15) is 0 Å². The normalized spacial score (nSPS) is 26.4. The molecule has 1 heterocycles. The number of nitrogens with one attached hydrogen (secondary N) is 1. The second kappa shape index (κ2) is 10.1. The highest BCUT2D eigenvalue weighted by atomic mass is 16.7. The summed E-state index contributed by atoms with van der Waals surface area (Å²) in [5.41, 5.74) is 5.39. The van der Waals surface area contributed by atoms with Crippen LogP contribution >= 0.6 is 0 Å². The number of hydrogen-bond acceptors (Lipinski definition) is 5. The number of unbranched alkanes of at least 4 members (excludes halogenated alkanes) is 2. The van der Waals surface area contributed by atoms with Crippen LogP contribution in [0.25, 0.3) is 0 Å². The summed E-state index contributed by atoms with van der Waals surface area (Å²) in [6, 6.07) is 0. The maximum absolute atomic E-state index is 11.5. The van der Waals surface area contributed by atoms with Crippen molar-refractivity contribution in [3.05, 3.63) is 0 Å². The zero-order valence-corrected chi connectivity index (χ0v) is 12.3. The highest BCUT2D eigenvalue weighted by molar-refractivity contribution is 5.75. The molecule has 6 heteroatoms. The van der Waals surface area contributed by atoms with E-state index in [0.29, 0.717) is 32.5 Å². The van der Waals surface area contributed by atoms with Crippen LogP contribution in [0.5, 0.6) is 0 Å². The lowest BCUT2D eigenvalue weighted by Crippen LogP contribution is -2.41. The minimum atomic E-state index is -0.571. The van der Waals surface area contributed by atoms with Crippen molar-refractivity contribution in [1.29, 1.82) is 0 Å². The van der Waals surface area contributed by atoms with Crippen LogP contribution in [0.1, 0.15) is 45.4 Å². The second-order valence-corrected chi connectivity index (χ2v) is 5.28. The van der Waals surface area contributed by atoms with Crippen molar-refractivity contribution < 1.29 is 19.4 Å². The van der Waals surface area contributed by atoms with Crippen LogP contribution in [0.15, 0.2) is 0 Å². The molecule has 1 fully saturated rings. The van der Waals surface area contributed by atoms with E-state index in [2.05, 4.69) is 5.32 Å². The van der Waals surface area contributed by atoms with Crippen LogP contribution in [-0.2, 0) is 14.3 Å². The van der Waals surface area contributed by atoms with E-state index in [4.69, 9.17) is 15.2 Å². The van der Waals surface area contributed by atoms with E-state index in [1.165, 1.54) is 0 Å². The Hall–Kier alpha value is -0.690. The molecule has 0 spiro atoms. The molecule has 0 aromatic rings. The van der Waals surface area contributed by atoms with Gasteiger partial charge in [0.1, 0.15) is 6.10 Å². The molecule has 4 N–H and O–H groups in total. The smallest absolute Gasteiger partial charge is 0.220 e. The van der Waals surface area contributed by atoms with E-state index in [9.17, 15) is 9.90 Å². The number of ether oxygens (including phenoxy) is 2. The monoisotopic (exact) mass is 288 g/mol. The SMILES string of the molecule is C[C@H]1CCC(O)[C@H](OCCNC(=O)CCCCCN)O1. The molecule has 0 aromatic carbocycles. The molecule has 6 nitrogen and oxygen atoms in total. The number of rotatable bonds is 9. The first-order valence-corrected chi connectivity index (χ1v) is 7.55. The van der Waals surface area contributed by atoms with E-state index in [1.807, 2.05) is 6.92 Å². The zero-order valence-electron chi connectivity index (χ0n) is 12.3. The minimum Gasteiger partial charge on any atom is -0.388 e. The fraction of sp³-hybridized carbons (Fsp3) is 0.929. The first-order valence-electron chi connectivity index (χ1n) is 7.55. The molecule has 0 radical (unpaired) electrons. The molecule has 1 unspecified atom stereocenters. The minimum absolute atomic E-state index is 0.0316. The largest absolute Gasteiger partial charge is 0.388 e. The third kappa shape index (κ3) is 7.19. The van der Waals surface area contributed by atoms with Crippen LogP contribution in [0.3, 0.4) is 0 Å². The van der Waals surface area contributed by atoms with E-state index >= 15 is 0 Å². The third-order valence-corrected chi connectivity index (χ3v) is 3.36. The fourth-order valence-corrected chi connectivity index (χ4v) is 2.14. The highest BCUT2D eigenvalue weighted by Gasteiger charge is 2.28. The first kappa shape index (κ1) is 17.4. The van der Waals surface area contributed by atoms with Gasteiger partial charge in [0.2, 0.25) is 5.91 Å². The first-order chi connectivity index (χ1) is 9.63. The lowest BCUT2D eigenvalue weighted by Gasteiger charge is -2.31. The average molecular weight is 288 g/mol. The predicted octanol–water partition coefficient (Wildman–Crippen LogP) is 0.524. The van der Waals surface area contributed by atoms with Gasteiger partial charge >= 0.3 is 0 Å². The molecule has 1 amide bonds. The quantitative estimate of drug-likeness (QED) is 0.538. The molecule has 0 aromatic heterocycles. The molecule has 0 bridgehead atoms. The van der Waals surface area contributed by atoms with Crippen molar-refractivity contribution >= 4 is 5.91 Å². The Bertz CT molecular complexity index is 276. The molecule has 1 aliphatic heterocycles. The number of nitrogens with two attached hydrogens (primary N) is 1. The molecule has 118 valence electrons. The van der Waals surface area contributed by atoms with Gasteiger partial charge in [-0.3, -0.25) is 4.79 Å². The summed E-state index contributed by atoms with van der Waals surface area (Å²) in [6.07, 6.45) is 3.86. The molecular formula is C14H28N2O4. The zero-order chi connectivity index (χ0) is 14.8. The highest BCUT2D eigenvalue weighted by Crippen LogP contribution is 2.19. The molecular weight excluding hydrogens is 260 g/mol. The Balaban J connectivity index is 2.01.